The molecular formula is C31H40F3N3O6. The lowest BCUT2D eigenvalue weighted by atomic mass is 9.84. The van der Waals surface area contributed by atoms with Crippen LogP contribution < -0.4 is 10.1 Å². The molecule has 43 heavy (non-hydrogen) atoms. The Balaban J connectivity index is 1.62. The van der Waals surface area contributed by atoms with Gasteiger partial charge in [-0.3, -0.25) is 4.79 Å². The van der Waals surface area contributed by atoms with Gasteiger partial charge in [0.25, 0.3) is 0 Å². The third kappa shape index (κ3) is 7.51. The minimum Gasteiger partial charge on any atom is -0.483 e. The molecule has 3 atom stereocenters. The minimum atomic E-state index is -4.79. The number of halogens is 3. The third-order valence-electron chi connectivity index (χ3n) is 8.01. The first-order valence-corrected chi connectivity index (χ1v) is 14.8. The van der Waals surface area contributed by atoms with Crippen LogP contribution in [0.1, 0.15) is 94.7 Å². The molecule has 1 aliphatic carbocycles. The number of hydrogen-bond donors (Lipinski definition) is 2. The number of fused-ring (bicyclic) bond motifs is 3. The fourth-order valence-corrected chi connectivity index (χ4v) is 6.08. The molecule has 3 aliphatic rings. The first kappa shape index (κ1) is 32.3. The number of alkyl halides is 3. The Morgan fingerprint density at radius 2 is 1.98 bits per heavy atom. The summed E-state index contributed by atoms with van der Waals surface area (Å²) in [5.74, 6) is -2.32. The Hall–Kier alpha value is -3.57. The number of nitrogens with zero attached hydrogens (tertiary/aromatic N) is 2. The number of nitrogens with one attached hydrogen (secondary N) is 1. The summed E-state index contributed by atoms with van der Waals surface area (Å²) in [6.07, 6.45) is 4.20. The van der Waals surface area contributed by atoms with Gasteiger partial charge >= 0.3 is 18.2 Å². The van der Waals surface area contributed by atoms with Crippen LogP contribution in [0.3, 0.4) is 0 Å². The van der Waals surface area contributed by atoms with Crippen molar-refractivity contribution in [3.63, 3.8) is 0 Å². The van der Waals surface area contributed by atoms with Gasteiger partial charge in [0.1, 0.15) is 23.3 Å². The van der Waals surface area contributed by atoms with Crippen molar-refractivity contribution in [1.82, 2.24) is 15.2 Å². The summed E-state index contributed by atoms with van der Waals surface area (Å²) in [7, 11) is 0. The molecule has 0 saturated carbocycles. The van der Waals surface area contributed by atoms with Gasteiger partial charge in [-0.1, -0.05) is 25.0 Å². The fourth-order valence-electron chi connectivity index (χ4n) is 6.08. The van der Waals surface area contributed by atoms with E-state index in [9.17, 15) is 32.7 Å². The number of likely N-dealkylation sites (tertiary alicyclic amines) is 1. The standard InChI is InChI=1S/C31H40F3N3O6/c1-5-6-7-8-9-14-22(36-28(41)43-29(2,3)4)26(38)37-18-30(17-23(37)27(39)40)16-15-20-19-12-10-11-13-21(19)35-25(24(20)42-30)31(32,33)34/h5,11,13,22-23H,1,6-10,12,14-18H2,2-4H3,(H,36,41)(H,39,40)/t22-,23-,30+/m0/s1. The molecule has 1 saturated heterocycles. The van der Waals surface area contributed by atoms with Crippen LogP contribution in [0.5, 0.6) is 5.75 Å². The Kier molecular flexibility index (Phi) is 9.46. The van der Waals surface area contributed by atoms with Crippen molar-refractivity contribution in [3.8, 4) is 5.75 Å². The number of hydrogen-bond acceptors (Lipinski definition) is 6. The number of allylic oxidation sites excluding steroid dienone is 2. The predicted molar refractivity (Wildman–Crippen MR) is 152 cm³/mol. The minimum absolute atomic E-state index is 0.194. The monoisotopic (exact) mass is 607 g/mol. The van der Waals surface area contributed by atoms with Crippen LogP contribution in [0.4, 0.5) is 18.0 Å². The smallest absolute Gasteiger partial charge is 0.437 e. The lowest BCUT2D eigenvalue weighted by Crippen LogP contribution is -2.53. The van der Waals surface area contributed by atoms with Gasteiger partial charge in [-0.2, -0.15) is 13.2 Å². The highest BCUT2D eigenvalue weighted by Gasteiger charge is 2.54. The first-order valence-electron chi connectivity index (χ1n) is 14.8. The predicted octanol–water partition coefficient (Wildman–Crippen LogP) is 5.84. The number of pyridine rings is 1. The summed E-state index contributed by atoms with van der Waals surface area (Å²) in [5, 5.41) is 12.7. The molecule has 1 fully saturated rings. The SMILES string of the molecule is C=CCCCCC[C@H](NC(=O)OC(C)(C)C)C(=O)N1C[C@@]2(CCc3c4c(nc(C(F)(F)F)c3O2)C=CCC4)C[C@H]1C(=O)O. The van der Waals surface area contributed by atoms with Gasteiger partial charge < -0.3 is 24.8 Å². The topological polar surface area (TPSA) is 118 Å². The second-order valence-corrected chi connectivity index (χ2v) is 12.5. The molecule has 1 spiro atoms. The molecule has 236 valence electrons. The van der Waals surface area contributed by atoms with Gasteiger partial charge in [0.15, 0.2) is 11.4 Å². The van der Waals surface area contributed by atoms with Gasteiger partial charge in [0, 0.05) is 12.0 Å². The third-order valence-corrected chi connectivity index (χ3v) is 8.01. The summed E-state index contributed by atoms with van der Waals surface area (Å²) in [6, 6.07) is -2.43. The second kappa shape index (κ2) is 12.6. The highest BCUT2D eigenvalue weighted by molar-refractivity contribution is 5.90. The zero-order valence-corrected chi connectivity index (χ0v) is 24.9. The number of rotatable bonds is 9. The van der Waals surface area contributed by atoms with Crippen LogP contribution in [0.2, 0.25) is 0 Å². The van der Waals surface area contributed by atoms with Gasteiger partial charge in [-0.05, 0) is 77.4 Å². The Labute approximate surface area is 249 Å². The summed E-state index contributed by atoms with van der Waals surface area (Å²) in [5.41, 5.74) is -1.91. The highest BCUT2D eigenvalue weighted by atomic mass is 19.4. The number of ether oxygens (including phenoxy) is 2. The number of carbonyl (C=O) groups is 3. The molecule has 0 radical (unpaired) electrons. The van der Waals surface area contributed by atoms with Crippen molar-refractivity contribution in [2.45, 2.75) is 114 Å². The Bertz CT molecular complexity index is 1290. The second-order valence-electron chi connectivity index (χ2n) is 12.5. The Morgan fingerprint density at radius 3 is 2.63 bits per heavy atom. The molecule has 0 aromatic carbocycles. The van der Waals surface area contributed by atoms with E-state index in [0.29, 0.717) is 30.4 Å². The van der Waals surface area contributed by atoms with Gasteiger partial charge in [-0.25, -0.2) is 14.6 Å². The first-order chi connectivity index (χ1) is 20.1. The molecule has 3 heterocycles. The molecule has 2 N–H and O–H groups in total. The van der Waals surface area contributed by atoms with Gasteiger partial charge in [0.05, 0.1) is 12.2 Å². The number of aromatic nitrogens is 1. The fraction of sp³-hybridized carbons (Fsp3) is 0.613. The van der Waals surface area contributed by atoms with Crippen LogP contribution in [0.25, 0.3) is 6.08 Å². The van der Waals surface area contributed by atoms with Crippen molar-refractivity contribution in [3.05, 3.63) is 41.2 Å². The van der Waals surface area contributed by atoms with E-state index >= 15 is 0 Å². The number of unbranched alkanes of at least 4 members (excludes halogenated alkanes) is 3. The van der Waals surface area contributed by atoms with E-state index in [4.69, 9.17) is 9.47 Å². The normalized spacial score (nSPS) is 21.9. The van der Waals surface area contributed by atoms with Crippen molar-refractivity contribution in [2.75, 3.05) is 6.54 Å². The lowest BCUT2D eigenvalue weighted by Gasteiger charge is -2.38. The molecule has 4 rings (SSSR count). The summed E-state index contributed by atoms with van der Waals surface area (Å²) in [6.45, 7) is 8.50. The van der Waals surface area contributed by atoms with E-state index in [1.54, 1.807) is 39.0 Å². The van der Waals surface area contributed by atoms with Crippen LogP contribution >= 0.6 is 0 Å². The molecule has 2 amide bonds. The molecule has 0 bridgehead atoms. The molecule has 1 aromatic heterocycles. The number of carbonyl (C=O) groups excluding carboxylic acids is 2. The molecule has 0 unspecified atom stereocenters. The maximum atomic E-state index is 14.2. The van der Waals surface area contributed by atoms with Crippen molar-refractivity contribution < 1.29 is 42.1 Å². The van der Waals surface area contributed by atoms with E-state index in [0.717, 1.165) is 24.2 Å². The molecular weight excluding hydrogens is 567 g/mol. The van der Waals surface area contributed by atoms with Crippen LogP contribution in [-0.2, 0) is 33.3 Å². The van der Waals surface area contributed by atoms with E-state index < -0.39 is 53.1 Å². The zero-order valence-electron chi connectivity index (χ0n) is 24.9. The zero-order chi connectivity index (χ0) is 31.6. The van der Waals surface area contributed by atoms with E-state index in [-0.39, 0.29) is 43.7 Å². The lowest BCUT2D eigenvalue weighted by molar-refractivity contribution is -0.149. The van der Waals surface area contributed by atoms with E-state index in [1.165, 1.54) is 0 Å². The van der Waals surface area contributed by atoms with Crippen molar-refractivity contribution in [1.29, 1.82) is 0 Å². The number of amides is 2. The Morgan fingerprint density at radius 1 is 1.23 bits per heavy atom. The maximum Gasteiger partial charge on any atom is 0.437 e. The van der Waals surface area contributed by atoms with Crippen LogP contribution in [0.15, 0.2) is 18.7 Å². The average molecular weight is 608 g/mol. The summed E-state index contributed by atoms with van der Waals surface area (Å²) >= 11 is 0. The van der Waals surface area contributed by atoms with E-state index in [2.05, 4.69) is 16.9 Å². The number of alkyl carbamates (subject to hydrolysis) is 1. The molecule has 9 nitrogen and oxygen atoms in total. The largest absolute Gasteiger partial charge is 0.483 e. The molecule has 2 aliphatic heterocycles. The average Bonchev–Trinajstić information content (AvgIpc) is 3.28. The van der Waals surface area contributed by atoms with Crippen molar-refractivity contribution in [2.24, 2.45) is 0 Å². The van der Waals surface area contributed by atoms with Gasteiger partial charge in [-0.15, -0.1) is 6.58 Å². The summed E-state index contributed by atoms with van der Waals surface area (Å²) < 4.78 is 54.0. The van der Waals surface area contributed by atoms with Crippen LogP contribution in [0, 0.1) is 0 Å². The van der Waals surface area contributed by atoms with E-state index in [1.807, 2.05) is 0 Å². The van der Waals surface area contributed by atoms with Crippen molar-refractivity contribution >= 4 is 24.0 Å². The maximum absolute atomic E-state index is 14.2. The summed E-state index contributed by atoms with van der Waals surface area (Å²) in [4.78, 5) is 44.0. The number of aliphatic carboxylic acids is 1. The number of carboxylic acids is 1. The van der Waals surface area contributed by atoms with Crippen LogP contribution in [-0.4, -0.2) is 62.8 Å². The quantitative estimate of drug-likeness (QED) is 0.268. The highest BCUT2D eigenvalue weighted by Crippen LogP contribution is 2.48. The number of carboxylic acid groups (broad SMARTS) is 1. The van der Waals surface area contributed by atoms with Gasteiger partial charge in [0.2, 0.25) is 5.91 Å². The molecule has 1 aromatic rings. The molecule has 12 heteroatoms.